The predicted molar refractivity (Wildman–Crippen MR) is 133 cm³/mol. The van der Waals surface area contributed by atoms with Gasteiger partial charge >= 0.3 is 6.18 Å². The van der Waals surface area contributed by atoms with Crippen LogP contribution in [0.2, 0.25) is 0 Å². The predicted octanol–water partition coefficient (Wildman–Crippen LogP) is 5.11. The van der Waals surface area contributed by atoms with E-state index in [0.717, 1.165) is 6.07 Å². The molecule has 0 unspecified atom stereocenters. The molecule has 15 heteroatoms. The van der Waals surface area contributed by atoms with E-state index in [4.69, 9.17) is 0 Å². The highest BCUT2D eigenvalue weighted by atomic mass is 32.1. The van der Waals surface area contributed by atoms with E-state index >= 15 is 0 Å². The third-order valence-corrected chi connectivity index (χ3v) is 6.48. The van der Waals surface area contributed by atoms with Crippen molar-refractivity contribution in [2.75, 3.05) is 0 Å². The molecule has 6 nitrogen and oxygen atoms in total. The Balaban J connectivity index is 0.00000152. The molecule has 0 radical (unpaired) electrons. The molecule has 0 N–H and O–H groups in total. The lowest BCUT2D eigenvalue weighted by Gasteiger charge is -2.40. The number of halogens is 6. The van der Waals surface area contributed by atoms with Gasteiger partial charge in [-0.1, -0.05) is 0 Å². The van der Waals surface area contributed by atoms with Gasteiger partial charge in [0.2, 0.25) is 0 Å². The largest absolute Gasteiger partial charge is 0.419 e. The van der Waals surface area contributed by atoms with Crippen molar-refractivity contribution in [3.63, 3.8) is 0 Å². The molecule has 2 fully saturated rings. The van der Waals surface area contributed by atoms with Crippen molar-refractivity contribution in [2.24, 2.45) is 0 Å². The minimum Gasteiger partial charge on any atom is -0.332 e. The van der Waals surface area contributed by atoms with Gasteiger partial charge in [0.15, 0.2) is 0 Å². The molecular weight excluding hydrogens is 548 g/mol. The number of carbonyl (C=O) groups excluding carboxylic acids is 1. The molecule has 2 aliphatic rings. The highest BCUT2D eigenvalue weighted by Gasteiger charge is 2.46. The molecule has 0 aliphatic carbocycles. The quantitative estimate of drug-likeness (QED) is 0.410. The summed E-state index contributed by atoms with van der Waals surface area (Å²) in [6, 6.07) is 2.83. The van der Waals surface area contributed by atoms with Crippen LogP contribution in [0.25, 0.3) is 5.78 Å². The van der Waals surface area contributed by atoms with Crippen molar-refractivity contribution in [1.29, 1.82) is 0 Å². The van der Waals surface area contributed by atoms with Gasteiger partial charge in [0.1, 0.15) is 17.8 Å². The topological polar surface area (TPSA) is 63.4 Å². The van der Waals surface area contributed by atoms with E-state index in [1.54, 1.807) is 4.90 Å². The standard InChI is InChI=1S/C21H17F6N5O.3H2S/c22-14-7-10(1-5-13(14)21(25,26)27)19(33)31-11-2-4-12(16(31)6-3-11)17-8-15(18(23)24)30-20-28-9-29-32(17)20;;;/h1,5,7-9,11-12,16,18H,2-4,6H2;3*1H2/t11-,12-,16-;;;/m0.../s1. The second-order valence-corrected chi connectivity index (χ2v) is 8.27. The van der Waals surface area contributed by atoms with Crippen LogP contribution in [0.15, 0.2) is 30.6 Å². The number of nitrogens with zero attached hydrogens (tertiary/aromatic N) is 5. The Labute approximate surface area is 222 Å². The number of carbonyl (C=O) groups is 1. The zero-order chi connectivity index (χ0) is 23.5. The van der Waals surface area contributed by atoms with Crippen LogP contribution in [0.3, 0.4) is 0 Å². The molecule has 1 aromatic carbocycles. The number of aromatic nitrogens is 4. The number of piperidine rings is 1. The molecule has 5 rings (SSSR count). The van der Waals surface area contributed by atoms with Gasteiger partial charge in [0.25, 0.3) is 18.1 Å². The van der Waals surface area contributed by atoms with Gasteiger partial charge in [-0.25, -0.2) is 22.7 Å². The molecule has 4 heterocycles. The SMILES string of the molecule is O=C(c1ccc(C(F)(F)F)c(F)c1)N1[C@H]2CC[C@H](c3cc(C(F)F)nc4ncnn34)[C@@H]1CC2.S.S.S. The van der Waals surface area contributed by atoms with Crippen molar-refractivity contribution < 1.29 is 31.1 Å². The van der Waals surface area contributed by atoms with Crippen molar-refractivity contribution in [2.45, 2.75) is 56.3 Å². The van der Waals surface area contributed by atoms with E-state index in [-0.39, 0.29) is 63.8 Å². The van der Waals surface area contributed by atoms with Crippen LogP contribution in [0.4, 0.5) is 26.3 Å². The van der Waals surface area contributed by atoms with Crippen LogP contribution in [-0.2, 0) is 6.18 Å². The van der Waals surface area contributed by atoms with Crippen molar-refractivity contribution in [3.8, 4) is 0 Å². The van der Waals surface area contributed by atoms with Gasteiger partial charge in [-0.15, -0.1) is 0 Å². The molecule has 36 heavy (non-hydrogen) atoms. The van der Waals surface area contributed by atoms with E-state index in [0.29, 0.717) is 43.5 Å². The van der Waals surface area contributed by atoms with E-state index in [1.807, 2.05) is 0 Å². The minimum absolute atomic E-state index is 0. The number of hydrogen-bond acceptors (Lipinski definition) is 4. The van der Waals surface area contributed by atoms with Crippen molar-refractivity contribution >= 4 is 52.2 Å². The average Bonchev–Trinajstić information content (AvgIpc) is 3.34. The fourth-order valence-electron chi connectivity index (χ4n) is 5.07. The summed E-state index contributed by atoms with van der Waals surface area (Å²) in [6.45, 7) is 0. The maximum absolute atomic E-state index is 14.1. The van der Waals surface area contributed by atoms with Crippen LogP contribution in [0.1, 0.15) is 65.3 Å². The number of fused-ring (bicyclic) bond motifs is 3. The Morgan fingerprint density at radius 1 is 1.03 bits per heavy atom. The summed E-state index contributed by atoms with van der Waals surface area (Å²) in [4.78, 5) is 22.5. The Morgan fingerprint density at radius 2 is 1.72 bits per heavy atom. The lowest BCUT2D eigenvalue weighted by molar-refractivity contribution is -0.140. The highest BCUT2D eigenvalue weighted by Crippen LogP contribution is 2.45. The fraction of sp³-hybridized carbons (Fsp3) is 0.429. The molecule has 2 aromatic heterocycles. The molecule has 2 saturated heterocycles. The third-order valence-electron chi connectivity index (χ3n) is 6.48. The molecule has 2 bridgehead atoms. The van der Waals surface area contributed by atoms with Crippen LogP contribution in [-0.4, -0.2) is 42.5 Å². The molecule has 0 spiro atoms. The van der Waals surface area contributed by atoms with E-state index < -0.39 is 41.6 Å². The van der Waals surface area contributed by atoms with E-state index in [2.05, 4.69) is 15.1 Å². The zero-order valence-electron chi connectivity index (χ0n) is 18.4. The van der Waals surface area contributed by atoms with Crippen LogP contribution in [0.5, 0.6) is 0 Å². The fourth-order valence-corrected chi connectivity index (χ4v) is 5.07. The normalized spacial score (nSPS) is 21.1. The first kappa shape index (κ1) is 30.1. The molecule has 198 valence electrons. The number of alkyl halides is 5. The second-order valence-electron chi connectivity index (χ2n) is 8.27. The number of benzene rings is 1. The first-order valence-electron chi connectivity index (χ1n) is 10.3. The summed E-state index contributed by atoms with van der Waals surface area (Å²) in [5.41, 5.74) is -1.64. The summed E-state index contributed by atoms with van der Waals surface area (Å²) in [5.74, 6) is -2.45. The van der Waals surface area contributed by atoms with Gasteiger partial charge in [0, 0.05) is 23.6 Å². The number of rotatable bonds is 3. The number of amides is 1. The minimum atomic E-state index is -4.87. The Morgan fingerprint density at radius 3 is 2.36 bits per heavy atom. The van der Waals surface area contributed by atoms with Crippen LogP contribution >= 0.6 is 40.5 Å². The monoisotopic (exact) mass is 571 g/mol. The van der Waals surface area contributed by atoms with Crippen molar-refractivity contribution in [3.05, 3.63) is 58.9 Å². The van der Waals surface area contributed by atoms with E-state index in [9.17, 15) is 31.1 Å². The third kappa shape index (κ3) is 5.14. The van der Waals surface area contributed by atoms with Crippen LogP contribution < -0.4 is 0 Å². The summed E-state index contributed by atoms with van der Waals surface area (Å²) >= 11 is 0. The highest BCUT2D eigenvalue weighted by molar-refractivity contribution is 7.59. The van der Waals surface area contributed by atoms with Crippen molar-refractivity contribution in [1.82, 2.24) is 24.5 Å². The van der Waals surface area contributed by atoms with Gasteiger partial charge in [-0.05, 0) is 49.9 Å². The van der Waals surface area contributed by atoms with Gasteiger partial charge in [-0.2, -0.15) is 63.7 Å². The Bertz CT molecular complexity index is 1240. The first-order chi connectivity index (χ1) is 15.6. The van der Waals surface area contributed by atoms with Gasteiger partial charge in [-0.3, -0.25) is 4.79 Å². The maximum Gasteiger partial charge on any atom is 0.419 e. The molecule has 0 saturated carbocycles. The first-order valence-corrected chi connectivity index (χ1v) is 10.3. The van der Waals surface area contributed by atoms with E-state index in [1.165, 1.54) is 16.9 Å². The smallest absolute Gasteiger partial charge is 0.332 e. The molecule has 2 aliphatic heterocycles. The average molecular weight is 572 g/mol. The lowest BCUT2D eigenvalue weighted by Crippen LogP contribution is -2.47. The van der Waals surface area contributed by atoms with Crippen LogP contribution in [0, 0.1) is 5.82 Å². The summed E-state index contributed by atoms with van der Waals surface area (Å²) in [5, 5.41) is 4.09. The maximum atomic E-state index is 14.1. The van der Waals surface area contributed by atoms with Gasteiger partial charge < -0.3 is 4.90 Å². The lowest BCUT2D eigenvalue weighted by atomic mass is 9.86. The molecular formula is C21H23F6N5OS3. The summed E-state index contributed by atoms with van der Waals surface area (Å²) in [6.07, 6.45) is -4.09. The summed E-state index contributed by atoms with van der Waals surface area (Å²) < 4.78 is 81.0. The molecule has 1 amide bonds. The van der Waals surface area contributed by atoms with Gasteiger partial charge in [0.05, 0.1) is 11.3 Å². The Hall–Kier alpha value is -2.13. The summed E-state index contributed by atoms with van der Waals surface area (Å²) in [7, 11) is 0. The second kappa shape index (κ2) is 11.1. The Kier molecular flexibility index (Phi) is 9.27. The number of hydrogen-bond donors (Lipinski definition) is 0. The zero-order valence-corrected chi connectivity index (χ0v) is 21.4. The molecule has 3 aromatic rings. The molecule has 3 atom stereocenters.